The molecule has 10 heteroatoms. The third kappa shape index (κ3) is 4.32. The first kappa shape index (κ1) is 18.6. The lowest BCUT2D eigenvalue weighted by molar-refractivity contribution is -0.389. The van der Waals surface area contributed by atoms with Gasteiger partial charge in [0.2, 0.25) is 0 Å². The van der Waals surface area contributed by atoms with E-state index in [0.717, 1.165) is 5.56 Å². The van der Waals surface area contributed by atoms with E-state index >= 15 is 0 Å². The minimum absolute atomic E-state index is 0.289. The molecule has 2 heterocycles. The van der Waals surface area contributed by atoms with Crippen LogP contribution in [0.1, 0.15) is 24.2 Å². The van der Waals surface area contributed by atoms with Crippen molar-refractivity contribution < 1.29 is 9.72 Å². The smallest absolute Gasteiger partial charge is 0.358 e. The lowest BCUT2D eigenvalue weighted by Gasteiger charge is -2.10. The van der Waals surface area contributed by atoms with Gasteiger partial charge in [0, 0.05) is 11.2 Å². The number of nitrogens with zero attached hydrogens (tertiary/aromatic N) is 5. The minimum Gasteiger partial charge on any atom is -0.358 e. The van der Waals surface area contributed by atoms with E-state index in [-0.39, 0.29) is 11.7 Å². The van der Waals surface area contributed by atoms with E-state index in [1.165, 1.54) is 10.7 Å². The highest BCUT2D eigenvalue weighted by Crippen LogP contribution is 2.18. The average molecular weight is 389 g/mol. The van der Waals surface area contributed by atoms with Crippen LogP contribution in [0, 0.1) is 17.0 Å². The van der Waals surface area contributed by atoms with Crippen LogP contribution >= 0.6 is 11.6 Å². The van der Waals surface area contributed by atoms with Crippen LogP contribution in [-0.4, -0.2) is 30.4 Å². The number of anilines is 1. The van der Waals surface area contributed by atoms with Gasteiger partial charge in [-0.1, -0.05) is 23.7 Å². The Labute approximate surface area is 159 Å². The number of amides is 1. The summed E-state index contributed by atoms with van der Waals surface area (Å²) in [6.45, 7) is 3.82. The van der Waals surface area contributed by atoms with Gasteiger partial charge in [-0.2, -0.15) is 9.78 Å². The van der Waals surface area contributed by atoms with Gasteiger partial charge in [-0.15, -0.1) is 0 Å². The number of nitrogens with one attached hydrogen (secondary N) is 1. The molecule has 140 valence electrons. The summed E-state index contributed by atoms with van der Waals surface area (Å²) in [6.07, 6.45) is 3.25. The lowest BCUT2D eigenvalue weighted by Crippen LogP contribution is -2.25. The van der Waals surface area contributed by atoms with Crippen molar-refractivity contribution in [2.45, 2.75) is 26.4 Å². The van der Waals surface area contributed by atoms with Crippen LogP contribution in [0.25, 0.3) is 0 Å². The molecule has 1 atom stereocenters. The van der Waals surface area contributed by atoms with Crippen molar-refractivity contribution in [2.24, 2.45) is 0 Å². The van der Waals surface area contributed by atoms with Crippen LogP contribution in [0.15, 0.2) is 42.7 Å². The van der Waals surface area contributed by atoms with Crippen LogP contribution in [0.3, 0.4) is 0 Å². The zero-order chi connectivity index (χ0) is 19.6. The van der Waals surface area contributed by atoms with E-state index in [0.29, 0.717) is 22.9 Å². The first-order valence-corrected chi connectivity index (χ1v) is 8.49. The second kappa shape index (κ2) is 7.58. The number of carbonyl (C=O) groups excluding carboxylic acids is 1. The summed E-state index contributed by atoms with van der Waals surface area (Å²) in [5.41, 5.74) is 2.08. The van der Waals surface area contributed by atoms with Crippen molar-refractivity contribution in [2.75, 3.05) is 5.32 Å². The normalized spacial score (nSPS) is 12.0. The summed E-state index contributed by atoms with van der Waals surface area (Å²) in [4.78, 5) is 22.7. The van der Waals surface area contributed by atoms with Gasteiger partial charge in [0.25, 0.3) is 5.91 Å². The molecule has 9 nitrogen and oxygen atoms in total. The first-order chi connectivity index (χ1) is 12.8. The van der Waals surface area contributed by atoms with Gasteiger partial charge in [0.1, 0.15) is 6.04 Å². The van der Waals surface area contributed by atoms with E-state index < -0.39 is 11.0 Å². The average Bonchev–Trinajstić information content (AvgIpc) is 3.23. The summed E-state index contributed by atoms with van der Waals surface area (Å²) < 4.78 is 3.01. The molecule has 0 aliphatic rings. The maximum absolute atomic E-state index is 12.5. The molecular formula is C17H17ClN6O3. The van der Waals surface area contributed by atoms with Crippen LogP contribution in [-0.2, 0) is 11.3 Å². The summed E-state index contributed by atoms with van der Waals surface area (Å²) in [5.74, 6) is -0.634. The van der Waals surface area contributed by atoms with Crippen molar-refractivity contribution in [3.8, 4) is 0 Å². The Morgan fingerprint density at radius 1 is 1.37 bits per heavy atom. The van der Waals surface area contributed by atoms with Crippen LogP contribution in [0.2, 0.25) is 5.02 Å². The number of halogens is 1. The number of hydrogen-bond acceptors (Lipinski definition) is 5. The summed E-state index contributed by atoms with van der Waals surface area (Å²) in [6, 6.07) is 8.02. The van der Waals surface area contributed by atoms with Crippen molar-refractivity contribution >= 4 is 29.0 Å². The molecule has 0 saturated heterocycles. The zero-order valence-electron chi connectivity index (χ0n) is 14.7. The molecule has 0 aliphatic heterocycles. The van der Waals surface area contributed by atoms with Crippen LogP contribution in [0.4, 0.5) is 11.5 Å². The predicted octanol–water partition coefficient (Wildman–Crippen LogP) is 3.20. The van der Waals surface area contributed by atoms with Gasteiger partial charge in [-0.25, -0.2) is 0 Å². The molecule has 0 saturated carbocycles. The number of hydrogen-bond donors (Lipinski definition) is 1. The minimum atomic E-state index is -0.710. The zero-order valence-corrected chi connectivity index (χ0v) is 15.4. The Bertz CT molecular complexity index is 979. The topological polar surface area (TPSA) is 108 Å². The SMILES string of the molecule is Cc1cc([N+](=O)[O-])nn1C(C)C(=O)Nc1cnn(Cc2ccc(Cl)cc2)c1. The van der Waals surface area contributed by atoms with Crippen LogP contribution < -0.4 is 5.32 Å². The Kier molecular flexibility index (Phi) is 5.22. The Morgan fingerprint density at radius 3 is 2.70 bits per heavy atom. The van der Waals surface area contributed by atoms with E-state index in [1.807, 2.05) is 12.1 Å². The molecular weight excluding hydrogens is 372 g/mol. The molecule has 1 amide bonds. The van der Waals surface area contributed by atoms with Crippen molar-refractivity contribution in [3.05, 3.63) is 69.1 Å². The monoisotopic (exact) mass is 388 g/mol. The fraction of sp³-hybridized carbons (Fsp3) is 0.235. The fourth-order valence-corrected chi connectivity index (χ4v) is 2.73. The highest BCUT2D eigenvalue weighted by molar-refractivity contribution is 6.30. The largest absolute Gasteiger partial charge is 0.390 e. The van der Waals surface area contributed by atoms with Crippen molar-refractivity contribution in [1.82, 2.24) is 19.6 Å². The predicted molar refractivity (Wildman–Crippen MR) is 99.7 cm³/mol. The molecule has 1 unspecified atom stereocenters. The Hall–Kier alpha value is -3.20. The lowest BCUT2D eigenvalue weighted by atomic mass is 10.2. The van der Waals surface area contributed by atoms with Gasteiger partial charge in [0.05, 0.1) is 35.3 Å². The Morgan fingerprint density at radius 2 is 2.07 bits per heavy atom. The second-order valence-electron chi connectivity index (χ2n) is 6.06. The Balaban J connectivity index is 1.66. The molecule has 1 aromatic carbocycles. The summed E-state index contributed by atoms with van der Waals surface area (Å²) in [7, 11) is 0. The summed E-state index contributed by atoms with van der Waals surface area (Å²) in [5, 5.41) is 22.3. The van der Waals surface area contributed by atoms with E-state index in [9.17, 15) is 14.9 Å². The van der Waals surface area contributed by atoms with Gasteiger partial charge < -0.3 is 15.4 Å². The number of benzene rings is 1. The maximum atomic E-state index is 12.5. The molecule has 3 rings (SSSR count). The fourth-order valence-electron chi connectivity index (χ4n) is 2.60. The highest BCUT2D eigenvalue weighted by atomic mass is 35.5. The molecule has 1 N–H and O–H groups in total. The van der Waals surface area contributed by atoms with Gasteiger partial charge in [-0.05, 0) is 36.5 Å². The van der Waals surface area contributed by atoms with Crippen LogP contribution in [0.5, 0.6) is 0 Å². The standard InChI is InChI=1S/C17H17ClN6O3/c1-11-7-16(24(26)27)21-23(11)12(2)17(25)20-15-8-19-22(10-15)9-13-3-5-14(18)6-4-13/h3-8,10,12H,9H2,1-2H3,(H,20,25). The molecule has 0 bridgehead atoms. The van der Waals surface area contributed by atoms with E-state index in [4.69, 9.17) is 11.6 Å². The van der Waals surface area contributed by atoms with Gasteiger partial charge in [-0.3, -0.25) is 9.48 Å². The third-order valence-corrected chi connectivity index (χ3v) is 4.25. The number of nitro groups is 1. The first-order valence-electron chi connectivity index (χ1n) is 8.12. The number of aromatic nitrogens is 4. The molecule has 0 fully saturated rings. The number of rotatable bonds is 6. The van der Waals surface area contributed by atoms with Gasteiger partial charge in [0.15, 0.2) is 0 Å². The number of carbonyl (C=O) groups is 1. The molecule has 0 radical (unpaired) electrons. The highest BCUT2D eigenvalue weighted by Gasteiger charge is 2.24. The molecule has 27 heavy (non-hydrogen) atoms. The van der Waals surface area contributed by atoms with Crippen molar-refractivity contribution in [1.29, 1.82) is 0 Å². The van der Waals surface area contributed by atoms with E-state index in [1.54, 1.807) is 43.1 Å². The second-order valence-corrected chi connectivity index (χ2v) is 6.50. The maximum Gasteiger partial charge on any atom is 0.390 e. The quantitative estimate of drug-likeness (QED) is 0.515. The molecule has 2 aromatic heterocycles. The third-order valence-electron chi connectivity index (χ3n) is 4.00. The molecule has 0 aliphatic carbocycles. The van der Waals surface area contributed by atoms with E-state index in [2.05, 4.69) is 15.5 Å². The summed E-state index contributed by atoms with van der Waals surface area (Å²) >= 11 is 5.87. The molecule has 3 aromatic rings. The molecule has 0 spiro atoms. The van der Waals surface area contributed by atoms with Gasteiger partial charge >= 0.3 is 5.82 Å². The number of aryl methyl sites for hydroxylation is 1. The van der Waals surface area contributed by atoms with Crippen molar-refractivity contribution in [3.63, 3.8) is 0 Å².